The van der Waals surface area contributed by atoms with Gasteiger partial charge in [-0.1, -0.05) is 27.7 Å². The third-order valence-electron chi connectivity index (χ3n) is 11.4. The Balaban J connectivity index is 0.000000218. The molecule has 0 amide bonds. The SMILES string of the molecule is CC.CC.CC(C)N1CCC2(CC1)CNCCO2.CC(C)N1CCC2(CCCNC2)CC1.CN1CCC2(CCNCC2)CC1. The molecule has 0 atom stereocenters. The molecule has 0 aromatic heterocycles. The van der Waals surface area contributed by atoms with E-state index in [1.165, 1.54) is 130 Å². The van der Waals surface area contributed by atoms with E-state index in [2.05, 4.69) is 65.4 Å². The van der Waals surface area contributed by atoms with E-state index in [0.717, 1.165) is 31.2 Å². The van der Waals surface area contributed by atoms with Crippen molar-refractivity contribution in [1.82, 2.24) is 30.7 Å². The lowest BCUT2D eigenvalue weighted by molar-refractivity contribution is -0.102. The van der Waals surface area contributed by atoms with Crippen molar-refractivity contribution in [3.05, 3.63) is 0 Å². The summed E-state index contributed by atoms with van der Waals surface area (Å²) >= 11 is 0. The number of nitrogens with zero attached hydrogens (tertiary/aromatic N) is 3. The van der Waals surface area contributed by atoms with Crippen molar-refractivity contribution in [2.45, 2.75) is 137 Å². The highest BCUT2D eigenvalue weighted by Gasteiger charge is 2.38. The fourth-order valence-corrected chi connectivity index (χ4v) is 8.00. The normalized spacial score (nSPS) is 26.8. The van der Waals surface area contributed by atoms with Crippen molar-refractivity contribution in [3.63, 3.8) is 0 Å². The van der Waals surface area contributed by atoms with Gasteiger partial charge in [0.15, 0.2) is 0 Å². The molecule has 6 fully saturated rings. The van der Waals surface area contributed by atoms with Crippen molar-refractivity contribution in [3.8, 4) is 0 Å². The molecule has 7 heteroatoms. The Hall–Kier alpha value is -0.280. The summed E-state index contributed by atoms with van der Waals surface area (Å²) in [6.45, 7) is 32.8. The summed E-state index contributed by atoms with van der Waals surface area (Å²) in [6.07, 6.45) is 13.8. The van der Waals surface area contributed by atoms with Crippen molar-refractivity contribution in [2.75, 3.05) is 92.2 Å². The van der Waals surface area contributed by atoms with E-state index in [4.69, 9.17) is 4.74 Å². The Bertz CT molecular complexity index is 641. The van der Waals surface area contributed by atoms with Gasteiger partial charge in [0.05, 0.1) is 12.2 Å². The maximum atomic E-state index is 5.95. The lowest BCUT2D eigenvalue weighted by atomic mass is 9.72. The van der Waals surface area contributed by atoms with E-state index in [1.807, 2.05) is 27.7 Å². The van der Waals surface area contributed by atoms with Gasteiger partial charge in [-0.15, -0.1) is 0 Å². The summed E-state index contributed by atoms with van der Waals surface area (Å²) in [5, 5.41) is 10.5. The maximum absolute atomic E-state index is 5.95. The molecule has 44 heavy (non-hydrogen) atoms. The molecule has 3 spiro atoms. The number of hydrogen-bond donors (Lipinski definition) is 3. The van der Waals surface area contributed by atoms with Gasteiger partial charge < -0.3 is 35.4 Å². The lowest BCUT2D eigenvalue weighted by Gasteiger charge is -2.45. The first-order valence-electron chi connectivity index (χ1n) is 19.2. The minimum absolute atomic E-state index is 0.170. The summed E-state index contributed by atoms with van der Waals surface area (Å²) in [5.41, 5.74) is 1.57. The van der Waals surface area contributed by atoms with E-state index in [1.54, 1.807) is 0 Å². The van der Waals surface area contributed by atoms with Crippen LogP contribution < -0.4 is 16.0 Å². The second-order valence-electron chi connectivity index (χ2n) is 14.8. The van der Waals surface area contributed by atoms with Crippen molar-refractivity contribution >= 4 is 0 Å². The van der Waals surface area contributed by atoms with Crippen LogP contribution in [0.1, 0.15) is 120 Å². The van der Waals surface area contributed by atoms with Crippen LogP contribution in [0.3, 0.4) is 0 Å². The van der Waals surface area contributed by atoms with Crippen LogP contribution in [-0.2, 0) is 4.74 Å². The molecule has 3 N–H and O–H groups in total. The van der Waals surface area contributed by atoms with Gasteiger partial charge in [-0.05, 0) is 156 Å². The van der Waals surface area contributed by atoms with E-state index < -0.39 is 0 Å². The van der Waals surface area contributed by atoms with Crippen molar-refractivity contribution in [1.29, 1.82) is 0 Å². The number of ether oxygens (including phenoxy) is 1. The fraction of sp³-hybridized carbons (Fsp3) is 1.00. The molecule has 0 saturated carbocycles. The topological polar surface area (TPSA) is 55.0 Å². The average molecular weight is 623 g/mol. The number of likely N-dealkylation sites (tertiary alicyclic amines) is 3. The number of hydrogen-bond acceptors (Lipinski definition) is 7. The fourth-order valence-electron chi connectivity index (χ4n) is 8.00. The van der Waals surface area contributed by atoms with Gasteiger partial charge in [0.1, 0.15) is 0 Å². The predicted octanol–water partition coefficient (Wildman–Crippen LogP) is 5.84. The van der Waals surface area contributed by atoms with E-state index in [0.29, 0.717) is 11.5 Å². The van der Waals surface area contributed by atoms with Crippen molar-refractivity contribution < 1.29 is 4.74 Å². The zero-order valence-corrected chi connectivity index (χ0v) is 31.2. The molecule has 0 unspecified atom stereocenters. The van der Waals surface area contributed by atoms with Crippen LogP contribution in [0.2, 0.25) is 0 Å². The Morgan fingerprint density at radius 3 is 1.48 bits per heavy atom. The van der Waals surface area contributed by atoms with E-state index in [-0.39, 0.29) is 5.60 Å². The van der Waals surface area contributed by atoms with Crippen LogP contribution in [-0.4, -0.2) is 125 Å². The van der Waals surface area contributed by atoms with Gasteiger partial charge in [-0.25, -0.2) is 0 Å². The van der Waals surface area contributed by atoms with E-state index in [9.17, 15) is 0 Å². The predicted molar refractivity (Wildman–Crippen MR) is 192 cm³/mol. The molecule has 6 heterocycles. The molecule has 0 bridgehead atoms. The third-order valence-corrected chi connectivity index (χ3v) is 11.4. The van der Waals surface area contributed by atoms with E-state index >= 15 is 0 Å². The molecule has 0 radical (unpaired) electrons. The highest BCUT2D eigenvalue weighted by Crippen LogP contribution is 2.39. The molecule has 6 saturated heterocycles. The van der Waals surface area contributed by atoms with Gasteiger partial charge >= 0.3 is 0 Å². The molecular formula is C37H78N6O. The highest BCUT2D eigenvalue weighted by atomic mass is 16.5. The minimum Gasteiger partial charge on any atom is -0.372 e. The molecule has 262 valence electrons. The van der Waals surface area contributed by atoms with Crippen LogP contribution >= 0.6 is 0 Å². The molecule has 6 aliphatic rings. The second-order valence-corrected chi connectivity index (χ2v) is 14.8. The molecule has 6 aliphatic heterocycles. The smallest absolute Gasteiger partial charge is 0.0831 e. The first-order chi connectivity index (χ1) is 21.2. The molecule has 0 aliphatic carbocycles. The Morgan fingerprint density at radius 2 is 1.02 bits per heavy atom. The molecule has 0 aromatic rings. The van der Waals surface area contributed by atoms with Gasteiger partial charge in [-0.2, -0.15) is 0 Å². The number of piperidine rings is 5. The maximum Gasteiger partial charge on any atom is 0.0831 e. The zero-order valence-electron chi connectivity index (χ0n) is 31.2. The number of nitrogens with one attached hydrogen (secondary N) is 3. The molecule has 7 nitrogen and oxygen atoms in total. The standard InChI is InChI=1S/C12H24N2.C11H22N2O.C10H20N2.2C2H6/c1-11(2)14-8-5-12(6-9-14)4-3-7-13-10-12;1-10(2)13-6-3-11(4-7-13)9-12-5-8-14-11;1-12-8-4-10(5-9-12)2-6-11-7-3-10;2*1-2/h11,13H,3-10H2,1-2H3;10,12H,3-9H2,1-2H3;11H,2-9H2,1H3;2*1-2H3. The molecule has 6 rings (SSSR count). The summed E-state index contributed by atoms with van der Waals surface area (Å²) in [7, 11) is 2.24. The average Bonchev–Trinajstić information content (AvgIpc) is 3.07. The highest BCUT2D eigenvalue weighted by molar-refractivity contribution is 4.93. The quantitative estimate of drug-likeness (QED) is 0.358. The van der Waals surface area contributed by atoms with Crippen LogP contribution in [0.4, 0.5) is 0 Å². The Labute approximate surface area is 275 Å². The summed E-state index contributed by atoms with van der Waals surface area (Å²) in [6, 6.07) is 1.42. The monoisotopic (exact) mass is 623 g/mol. The Morgan fingerprint density at radius 1 is 0.523 bits per heavy atom. The summed E-state index contributed by atoms with van der Waals surface area (Å²) in [4.78, 5) is 7.64. The lowest BCUT2D eigenvalue weighted by Crippen LogP contribution is -2.56. The second kappa shape index (κ2) is 20.8. The van der Waals surface area contributed by atoms with Crippen molar-refractivity contribution in [2.24, 2.45) is 10.8 Å². The number of morpholine rings is 1. The van der Waals surface area contributed by atoms with Gasteiger partial charge in [-0.3, -0.25) is 0 Å². The van der Waals surface area contributed by atoms with Crippen LogP contribution in [0, 0.1) is 10.8 Å². The summed E-state index contributed by atoms with van der Waals surface area (Å²) < 4.78 is 5.95. The molecule has 0 aromatic carbocycles. The Kier molecular flexibility index (Phi) is 18.9. The van der Waals surface area contributed by atoms with Gasteiger partial charge in [0.25, 0.3) is 0 Å². The first-order valence-corrected chi connectivity index (χ1v) is 19.2. The van der Waals surface area contributed by atoms with Gasteiger partial charge in [0, 0.05) is 44.8 Å². The number of rotatable bonds is 2. The van der Waals surface area contributed by atoms with Gasteiger partial charge in [0.2, 0.25) is 0 Å². The zero-order chi connectivity index (χ0) is 32.5. The van der Waals surface area contributed by atoms with Crippen LogP contribution in [0.5, 0.6) is 0 Å². The molecular weight excluding hydrogens is 544 g/mol. The van der Waals surface area contributed by atoms with Crippen LogP contribution in [0.25, 0.3) is 0 Å². The first kappa shape index (κ1) is 39.9. The van der Waals surface area contributed by atoms with Crippen LogP contribution in [0.15, 0.2) is 0 Å². The third kappa shape index (κ3) is 12.7. The summed E-state index contributed by atoms with van der Waals surface area (Å²) in [5.74, 6) is 0. The minimum atomic E-state index is 0.170. The largest absolute Gasteiger partial charge is 0.372 e.